The van der Waals surface area contributed by atoms with Crippen molar-refractivity contribution < 1.29 is 14.3 Å². The van der Waals surface area contributed by atoms with Crippen LogP contribution in [-0.4, -0.2) is 36.3 Å². The SMILES string of the molecule is CCN(CCCOc1ccc(N=S)cc1)C(=O)OC(C)(C)C. The maximum Gasteiger partial charge on any atom is 0.410 e. The van der Waals surface area contributed by atoms with Crippen LogP contribution in [0.2, 0.25) is 0 Å². The Bertz CT molecular complexity index is 483. The molecule has 0 aliphatic rings. The molecule has 0 N–H and O–H groups in total. The first kappa shape index (κ1) is 18.4. The molecule has 0 bridgehead atoms. The summed E-state index contributed by atoms with van der Waals surface area (Å²) in [6.45, 7) is 9.27. The molecule has 0 saturated heterocycles. The lowest BCUT2D eigenvalue weighted by molar-refractivity contribution is 0.0252. The summed E-state index contributed by atoms with van der Waals surface area (Å²) in [5, 5.41) is 0. The standard InChI is InChI=1S/C16H24N2O3S/c1-5-18(15(19)21-16(2,3)4)11-6-12-20-14-9-7-13(17-22)8-10-14/h7-10H,5-6,11-12H2,1-4H3. The van der Waals surface area contributed by atoms with Crippen molar-refractivity contribution in [1.29, 1.82) is 0 Å². The summed E-state index contributed by atoms with van der Waals surface area (Å²) in [6.07, 6.45) is 0.451. The highest BCUT2D eigenvalue weighted by atomic mass is 32.1. The molecule has 0 fully saturated rings. The topological polar surface area (TPSA) is 51.1 Å². The zero-order valence-electron chi connectivity index (χ0n) is 13.7. The van der Waals surface area contributed by atoms with Crippen LogP contribution in [0.5, 0.6) is 5.75 Å². The second-order valence-electron chi connectivity index (χ2n) is 5.85. The number of nitrogens with zero attached hydrogens (tertiary/aromatic N) is 2. The number of hydrogen-bond acceptors (Lipinski definition) is 5. The predicted molar refractivity (Wildman–Crippen MR) is 89.5 cm³/mol. The first-order chi connectivity index (χ1) is 10.4. The Hall–Kier alpha value is -1.69. The van der Waals surface area contributed by atoms with Gasteiger partial charge in [0.25, 0.3) is 0 Å². The van der Waals surface area contributed by atoms with Gasteiger partial charge in [-0.15, -0.1) is 0 Å². The predicted octanol–water partition coefficient (Wildman–Crippen LogP) is 4.07. The first-order valence-corrected chi connectivity index (χ1v) is 7.76. The van der Waals surface area contributed by atoms with E-state index in [9.17, 15) is 4.79 Å². The number of hydrogen-bond donors (Lipinski definition) is 0. The molecule has 0 aromatic heterocycles. The fraction of sp³-hybridized carbons (Fsp3) is 0.562. The molecular weight excluding hydrogens is 300 g/mol. The summed E-state index contributed by atoms with van der Waals surface area (Å²) in [5.41, 5.74) is 0.267. The van der Waals surface area contributed by atoms with E-state index in [-0.39, 0.29) is 6.09 Å². The monoisotopic (exact) mass is 324 g/mol. The molecule has 22 heavy (non-hydrogen) atoms. The Morgan fingerprint density at radius 3 is 2.41 bits per heavy atom. The number of carbonyl (C=O) groups excluding carboxylic acids is 1. The maximum atomic E-state index is 12.0. The van der Waals surface area contributed by atoms with Gasteiger partial charge < -0.3 is 14.4 Å². The van der Waals surface area contributed by atoms with Gasteiger partial charge in [0, 0.05) is 25.5 Å². The highest BCUT2D eigenvalue weighted by molar-refractivity contribution is 7.47. The maximum absolute atomic E-state index is 12.0. The van der Waals surface area contributed by atoms with Crippen LogP contribution in [0.3, 0.4) is 0 Å². The van der Waals surface area contributed by atoms with Crippen LogP contribution in [0.15, 0.2) is 28.6 Å². The average Bonchev–Trinajstić information content (AvgIpc) is 2.46. The van der Waals surface area contributed by atoms with Crippen LogP contribution in [0.1, 0.15) is 34.1 Å². The zero-order valence-corrected chi connectivity index (χ0v) is 14.5. The molecule has 0 spiro atoms. The van der Waals surface area contributed by atoms with Gasteiger partial charge in [-0.2, -0.15) is 4.36 Å². The Balaban J connectivity index is 2.34. The van der Waals surface area contributed by atoms with E-state index in [1.165, 1.54) is 0 Å². The van der Waals surface area contributed by atoms with Crippen molar-refractivity contribution in [2.24, 2.45) is 4.36 Å². The van der Waals surface area contributed by atoms with Gasteiger partial charge in [0.15, 0.2) is 0 Å². The van der Waals surface area contributed by atoms with Crippen molar-refractivity contribution in [3.63, 3.8) is 0 Å². The molecule has 1 rings (SSSR count). The van der Waals surface area contributed by atoms with Crippen molar-refractivity contribution in [1.82, 2.24) is 4.90 Å². The minimum absolute atomic E-state index is 0.286. The van der Waals surface area contributed by atoms with Crippen LogP contribution in [-0.2, 0) is 17.2 Å². The molecule has 6 heteroatoms. The van der Waals surface area contributed by atoms with E-state index in [4.69, 9.17) is 9.47 Å². The Morgan fingerprint density at radius 2 is 1.91 bits per heavy atom. The van der Waals surface area contributed by atoms with Gasteiger partial charge in [0.05, 0.1) is 12.3 Å². The summed E-state index contributed by atoms with van der Waals surface area (Å²) in [7, 11) is 0. The fourth-order valence-corrected chi connectivity index (χ4v) is 1.88. The molecule has 0 aliphatic heterocycles. The lowest BCUT2D eigenvalue weighted by atomic mass is 10.2. The van der Waals surface area contributed by atoms with Crippen LogP contribution >= 0.6 is 0 Å². The number of amides is 1. The van der Waals surface area contributed by atoms with Crippen molar-refractivity contribution >= 4 is 24.2 Å². The van der Waals surface area contributed by atoms with Gasteiger partial charge in [-0.05, 0) is 58.4 Å². The Morgan fingerprint density at radius 1 is 1.27 bits per heavy atom. The van der Waals surface area contributed by atoms with Crippen LogP contribution in [0.4, 0.5) is 10.5 Å². The van der Waals surface area contributed by atoms with Crippen molar-refractivity contribution in [2.45, 2.75) is 39.7 Å². The number of benzene rings is 1. The quantitative estimate of drug-likeness (QED) is 0.709. The highest BCUT2D eigenvalue weighted by Gasteiger charge is 2.20. The largest absolute Gasteiger partial charge is 0.494 e. The molecule has 1 aromatic carbocycles. The molecule has 0 saturated carbocycles. The van der Waals surface area contributed by atoms with Crippen molar-refractivity contribution in [3.05, 3.63) is 24.3 Å². The normalized spacial score (nSPS) is 10.9. The molecule has 0 radical (unpaired) electrons. The van der Waals surface area contributed by atoms with E-state index >= 15 is 0 Å². The Kier molecular flexibility index (Phi) is 7.24. The molecule has 5 nitrogen and oxygen atoms in total. The minimum Gasteiger partial charge on any atom is -0.494 e. The second-order valence-corrected chi connectivity index (χ2v) is 6.03. The van der Waals surface area contributed by atoms with Gasteiger partial charge >= 0.3 is 6.09 Å². The first-order valence-electron chi connectivity index (χ1n) is 7.40. The molecule has 0 heterocycles. The fourth-order valence-electron chi connectivity index (χ4n) is 1.75. The lowest BCUT2D eigenvalue weighted by Crippen LogP contribution is -2.37. The van der Waals surface area contributed by atoms with E-state index in [1.807, 2.05) is 39.8 Å². The van der Waals surface area contributed by atoms with E-state index in [0.29, 0.717) is 19.7 Å². The van der Waals surface area contributed by atoms with E-state index in [0.717, 1.165) is 17.9 Å². The lowest BCUT2D eigenvalue weighted by Gasteiger charge is -2.26. The van der Waals surface area contributed by atoms with Gasteiger partial charge in [-0.25, -0.2) is 4.79 Å². The molecule has 122 valence electrons. The summed E-state index contributed by atoms with van der Waals surface area (Å²) in [6, 6.07) is 7.27. The third-order valence-corrected chi connectivity index (χ3v) is 3.03. The third-order valence-electron chi connectivity index (χ3n) is 2.82. The second kappa shape index (κ2) is 8.68. The summed E-state index contributed by atoms with van der Waals surface area (Å²) < 4.78 is 14.6. The van der Waals surface area contributed by atoms with Gasteiger partial charge in [0.1, 0.15) is 11.4 Å². The highest BCUT2D eigenvalue weighted by Crippen LogP contribution is 2.17. The average molecular weight is 324 g/mol. The van der Waals surface area contributed by atoms with Crippen LogP contribution in [0, 0.1) is 0 Å². The number of carbonyl (C=O) groups is 1. The summed E-state index contributed by atoms with van der Waals surface area (Å²) >= 11 is 4.61. The summed E-state index contributed by atoms with van der Waals surface area (Å²) in [5.74, 6) is 0.766. The van der Waals surface area contributed by atoms with Gasteiger partial charge in [-0.3, -0.25) is 0 Å². The van der Waals surface area contributed by atoms with Crippen LogP contribution in [0.25, 0.3) is 0 Å². The van der Waals surface area contributed by atoms with Crippen molar-refractivity contribution in [3.8, 4) is 5.75 Å². The molecule has 0 atom stereocenters. The van der Waals surface area contributed by atoms with Crippen molar-refractivity contribution in [2.75, 3.05) is 19.7 Å². The Labute approximate surface area is 137 Å². The molecule has 0 aliphatic carbocycles. The molecule has 0 unspecified atom stereocenters. The molecular formula is C16H24N2O3S. The van der Waals surface area contributed by atoms with Gasteiger partial charge in [-0.1, -0.05) is 0 Å². The molecule has 1 amide bonds. The van der Waals surface area contributed by atoms with Crippen LogP contribution < -0.4 is 4.74 Å². The molecule has 1 aromatic rings. The van der Waals surface area contributed by atoms with E-state index < -0.39 is 5.60 Å². The minimum atomic E-state index is -0.474. The number of rotatable bonds is 7. The van der Waals surface area contributed by atoms with E-state index in [2.05, 4.69) is 16.8 Å². The summed E-state index contributed by atoms with van der Waals surface area (Å²) in [4.78, 5) is 13.6. The third kappa shape index (κ3) is 6.85. The number of ether oxygens (including phenoxy) is 2. The zero-order chi connectivity index (χ0) is 16.6. The smallest absolute Gasteiger partial charge is 0.410 e. The van der Waals surface area contributed by atoms with E-state index in [1.54, 1.807) is 17.0 Å². The van der Waals surface area contributed by atoms with Gasteiger partial charge in [0.2, 0.25) is 0 Å².